The first-order valence-corrected chi connectivity index (χ1v) is 12.2. The quantitative estimate of drug-likeness (QED) is 0.743. The average Bonchev–Trinajstić information content (AvgIpc) is 3.50. The SMILES string of the molecule is C[C@@](O)(CO)Cn1c(=O)n(C2CCN(C[C@H]3CCCCC34CC4)CC2)c2ccccc21. The topological polar surface area (TPSA) is 70.6 Å². The zero-order chi connectivity index (χ0) is 21.6. The van der Waals surface area contributed by atoms with Crippen molar-refractivity contribution in [3.05, 3.63) is 34.7 Å². The molecule has 1 aromatic carbocycles. The van der Waals surface area contributed by atoms with E-state index in [4.69, 9.17) is 0 Å². The van der Waals surface area contributed by atoms with Crippen molar-refractivity contribution in [2.45, 2.75) is 76.5 Å². The molecule has 1 aromatic heterocycles. The van der Waals surface area contributed by atoms with Gasteiger partial charge in [-0.15, -0.1) is 0 Å². The van der Waals surface area contributed by atoms with E-state index in [1.54, 1.807) is 11.5 Å². The van der Waals surface area contributed by atoms with E-state index in [-0.39, 0.29) is 24.9 Å². The Morgan fingerprint density at radius 1 is 1.06 bits per heavy atom. The van der Waals surface area contributed by atoms with Crippen molar-refractivity contribution in [1.82, 2.24) is 14.0 Å². The first-order valence-electron chi connectivity index (χ1n) is 12.2. The minimum Gasteiger partial charge on any atom is -0.393 e. The van der Waals surface area contributed by atoms with E-state index < -0.39 is 5.60 Å². The van der Waals surface area contributed by atoms with Crippen LogP contribution in [0.2, 0.25) is 0 Å². The van der Waals surface area contributed by atoms with Crippen molar-refractivity contribution in [3.8, 4) is 0 Å². The Balaban J connectivity index is 1.33. The molecule has 2 aliphatic carbocycles. The molecule has 31 heavy (non-hydrogen) atoms. The number of piperidine rings is 1. The number of benzene rings is 1. The number of fused-ring (bicyclic) bond motifs is 1. The van der Waals surface area contributed by atoms with Crippen molar-refractivity contribution in [3.63, 3.8) is 0 Å². The highest BCUT2D eigenvalue weighted by molar-refractivity contribution is 5.76. The van der Waals surface area contributed by atoms with Gasteiger partial charge in [-0.3, -0.25) is 9.13 Å². The molecular weight excluding hydrogens is 390 g/mol. The normalized spacial score (nSPS) is 26.4. The fourth-order valence-electron chi connectivity index (χ4n) is 6.28. The van der Waals surface area contributed by atoms with Crippen molar-refractivity contribution < 1.29 is 10.2 Å². The summed E-state index contributed by atoms with van der Waals surface area (Å²) in [6.45, 7) is 4.64. The molecule has 5 rings (SSSR count). The first kappa shape index (κ1) is 21.2. The number of aliphatic hydroxyl groups is 2. The summed E-state index contributed by atoms with van der Waals surface area (Å²) in [4.78, 5) is 16.0. The lowest BCUT2D eigenvalue weighted by atomic mass is 9.76. The molecule has 3 aliphatic rings. The molecule has 1 aliphatic heterocycles. The number of para-hydroxylation sites is 2. The van der Waals surface area contributed by atoms with E-state index >= 15 is 0 Å². The molecule has 170 valence electrons. The van der Waals surface area contributed by atoms with Crippen LogP contribution >= 0.6 is 0 Å². The maximum atomic E-state index is 13.4. The molecule has 2 atom stereocenters. The maximum Gasteiger partial charge on any atom is 0.329 e. The Morgan fingerprint density at radius 2 is 1.77 bits per heavy atom. The minimum atomic E-state index is -1.32. The molecule has 2 saturated carbocycles. The average molecular weight is 428 g/mol. The fourth-order valence-corrected chi connectivity index (χ4v) is 6.28. The van der Waals surface area contributed by atoms with Gasteiger partial charge in [0.2, 0.25) is 0 Å². The van der Waals surface area contributed by atoms with Crippen molar-refractivity contribution >= 4 is 11.0 Å². The zero-order valence-electron chi connectivity index (χ0n) is 18.8. The zero-order valence-corrected chi connectivity index (χ0v) is 18.8. The second kappa shape index (κ2) is 8.05. The van der Waals surface area contributed by atoms with Gasteiger partial charge in [-0.05, 0) is 68.9 Å². The minimum absolute atomic E-state index is 0.0717. The number of aromatic nitrogens is 2. The van der Waals surface area contributed by atoms with Gasteiger partial charge in [0, 0.05) is 25.7 Å². The van der Waals surface area contributed by atoms with Crippen LogP contribution in [0.3, 0.4) is 0 Å². The van der Waals surface area contributed by atoms with Crippen LogP contribution < -0.4 is 5.69 Å². The summed E-state index contributed by atoms with van der Waals surface area (Å²) in [6, 6.07) is 8.03. The lowest BCUT2D eigenvalue weighted by Crippen LogP contribution is -2.43. The summed E-state index contributed by atoms with van der Waals surface area (Å²) in [7, 11) is 0. The van der Waals surface area contributed by atoms with Crippen LogP contribution in [-0.4, -0.2) is 56.1 Å². The predicted octanol–water partition coefficient (Wildman–Crippen LogP) is 3.15. The Kier molecular flexibility index (Phi) is 5.51. The van der Waals surface area contributed by atoms with Crippen molar-refractivity contribution in [2.75, 3.05) is 26.2 Å². The Labute approximate surface area is 184 Å². The number of nitrogens with zero attached hydrogens (tertiary/aromatic N) is 3. The number of imidazole rings is 1. The molecule has 1 saturated heterocycles. The molecule has 1 spiro atoms. The molecule has 6 heteroatoms. The summed E-state index contributed by atoms with van der Waals surface area (Å²) >= 11 is 0. The summed E-state index contributed by atoms with van der Waals surface area (Å²) in [5.41, 5.74) is 1.06. The molecule has 0 amide bonds. The highest BCUT2D eigenvalue weighted by Crippen LogP contribution is 2.59. The largest absolute Gasteiger partial charge is 0.393 e. The Hall–Kier alpha value is -1.63. The van der Waals surface area contributed by atoms with Gasteiger partial charge in [-0.2, -0.15) is 0 Å². The van der Waals surface area contributed by atoms with Crippen LogP contribution in [0.1, 0.15) is 64.3 Å². The van der Waals surface area contributed by atoms with E-state index in [1.165, 1.54) is 45.1 Å². The molecule has 0 radical (unpaired) electrons. The number of rotatable bonds is 6. The highest BCUT2D eigenvalue weighted by atomic mass is 16.3. The van der Waals surface area contributed by atoms with Crippen molar-refractivity contribution in [2.24, 2.45) is 11.3 Å². The monoisotopic (exact) mass is 427 g/mol. The van der Waals surface area contributed by atoms with Gasteiger partial charge in [-0.1, -0.05) is 25.0 Å². The first-order chi connectivity index (χ1) is 14.9. The lowest BCUT2D eigenvalue weighted by molar-refractivity contribution is -0.0120. The molecular formula is C25H37N3O3. The second-order valence-corrected chi connectivity index (χ2v) is 10.7. The van der Waals surface area contributed by atoms with E-state index in [9.17, 15) is 15.0 Å². The fraction of sp³-hybridized carbons (Fsp3) is 0.720. The number of hydrogen-bond donors (Lipinski definition) is 2. The van der Waals surface area contributed by atoms with Crippen LogP contribution in [0, 0.1) is 11.3 Å². The molecule has 2 N–H and O–H groups in total. The molecule has 2 heterocycles. The van der Waals surface area contributed by atoms with Gasteiger partial charge in [0.15, 0.2) is 0 Å². The molecule has 0 bridgehead atoms. The van der Waals surface area contributed by atoms with Crippen LogP contribution in [0.25, 0.3) is 11.0 Å². The standard InChI is InChI=1S/C25H37N3O3/c1-24(31,18-29)17-27-21-7-2-3-8-22(21)28(23(27)30)20-9-14-26(15-10-20)16-19-6-4-5-11-25(19)12-13-25/h2-3,7-8,19-20,29,31H,4-6,9-18H2,1H3/t19-,24+/m1/s1. The van der Waals surface area contributed by atoms with Crippen molar-refractivity contribution in [1.29, 1.82) is 0 Å². The van der Waals surface area contributed by atoms with Crippen LogP contribution in [0.4, 0.5) is 0 Å². The predicted molar refractivity (Wildman–Crippen MR) is 122 cm³/mol. The molecule has 0 unspecified atom stereocenters. The van der Waals surface area contributed by atoms with Gasteiger partial charge in [0.25, 0.3) is 0 Å². The summed E-state index contributed by atoms with van der Waals surface area (Å²) < 4.78 is 3.58. The number of likely N-dealkylation sites (tertiary alicyclic amines) is 1. The molecule has 3 fully saturated rings. The van der Waals surface area contributed by atoms with E-state index in [1.807, 2.05) is 28.8 Å². The number of hydrogen-bond acceptors (Lipinski definition) is 4. The van der Waals surface area contributed by atoms with Crippen LogP contribution in [0.5, 0.6) is 0 Å². The second-order valence-electron chi connectivity index (χ2n) is 10.7. The highest BCUT2D eigenvalue weighted by Gasteiger charge is 2.50. The Bertz CT molecular complexity index is 980. The number of aliphatic hydroxyl groups excluding tert-OH is 1. The summed E-state index contributed by atoms with van der Waals surface area (Å²) in [6.07, 6.45) is 10.5. The van der Waals surface area contributed by atoms with Gasteiger partial charge < -0.3 is 15.1 Å². The summed E-state index contributed by atoms with van der Waals surface area (Å²) in [5.74, 6) is 0.878. The lowest BCUT2D eigenvalue weighted by Gasteiger charge is -2.39. The van der Waals surface area contributed by atoms with E-state index in [2.05, 4.69) is 4.90 Å². The third-order valence-electron chi connectivity index (χ3n) is 8.34. The van der Waals surface area contributed by atoms with Gasteiger partial charge in [0.1, 0.15) is 5.60 Å². The van der Waals surface area contributed by atoms with Crippen LogP contribution in [-0.2, 0) is 6.54 Å². The van der Waals surface area contributed by atoms with Gasteiger partial charge >= 0.3 is 5.69 Å². The summed E-state index contributed by atoms with van der Waals surface area (Å²) in [5, 5.41) is 19.9. The van der Waals surface area contributed by atoms with E-state index in [0.717, 1.165) is 42.9 Å². The van der Waals surface area contributed by atoms with E-state index in [0.29, 0.717) is 5.41 Å². The maximum absolute atomic E-state index is 13.4. The molecule has 6 nitrogen and oxygen atoms in total. The third-order valence-corrected chi connectivity index (χ3v) is 8.34. The van der Waals surface area contributed by atoms with Crippen LogP contribution in [0.15, 0.2) is 29.1 Å². The Morgan fingerprint density at radius 3 is 2.45 bits per heavy atom. The van der Waals surface area contributed by atoms with Gasteiger partial charge in [0.05, 0.1) is 24.2 Å². The van der Waals surface area contributed by atoms with Gasteiger partial charge in [-0.25, -0.2) is 4.79 Å². The smallest absolute Gasteiger partial charge is 0.329 e. The molecule has 2 aromatic rings. The third kappa shape index (κ3) is 3.98.